The second-order valence-corrected chi connectivity index (χ2v) is 7.46. The largest absolute Gasteiger partial charge is 0.369 e. The van der Waals surface area contributed by atoms with Gasteiger partial charge in [0.05, 0.1) is 11.5 Å². The number of nitrogens with one attached hydrogen (secondary N) is 1. The maximum Gasteiger partial charge on any atom is 0.163 e. The average molecular weight is 307 g/mol. The molecule has 4 aliphatic rings. The van der Waals surface area contributed by atoms with E-state index in [1.807, 2.05) is 12.1 Å². The van der Waals surface area contributed by atoms with Gasteiger partial charge < -0.3 is 10.4 Å². The molecule has 1 spiro atoms. The van der Waals surface area contributed by atoms with Crippen molar-refractivity contribution in [2.45, 2.75) is 36.9 Å². The first-order valence-corrected chi connectivity index (χ1v) is 8.54. The summed E-state index contributed by atoms with van der Waals surface area (Å²) in [7, 11) is 0. The van der Waals surface area contributed by atoms with Crippen molar-refractivity contribution in [2.75, 3.05) is 18.4 Å². The quantitative estimate of drug-likeness (QED) is 0.722. The smallest absolute Gasteiger partial charge is 0.163 e. The third-order valence-electron chi connectivity index (χ3n) is 6.92. The molecule has 0 radical (unpaired) electrons. The van der Waals surface area contributed by atoms with Gasteiger partial charge in [0, 0.05) is 24.2 Å². The Morgan fingerprint density at radius 2 is 2.26 bits per heavy atom. The van der Waals surface area contributed by atoms with Gasteiger partial charge in [-0.15, -0.1) is 0 Å². The van der Waals surface area contributed by atoms with E-state index in [0.717, 1.165) is 31.6 Å². The number of hydrogen-bond acceptors (Lipinski definition) is 4. The number of aliphatic hydroxyl groups is 1. The summed E-state index contributed by atoms with van der Waals surface area (Å²) in [5.41, 5.74) is 2.01. The molecule has 2 bridgehead atoms. The van der Waals surface area contributed by atoms with Crippen molar-refractivity contribution in [3.63, 3.8) is 0 Å². The van der Waals surface area contributed by atoms with E-state index >= 15 is 0 Å². The minimum absolute atomic E-state index is 0.157. The minimum Gasteiger partial charge on any atom is -0.369 e. The maximum absolute atomic E-state index is 11.8. The highest BCUT2D eigenvalue weighted by Crippen LogP contribution is 2.64. The summed E-state index contributed by atoms with van der Waals surface area (Å²) in [5.74, 6) is -0.248. The zero-order valence-electron chi connectivity index (χ0n) is 13.3. The minimum atomic E-state index is -1.16. The third-order valence-corrected chi connectivity index (χ3v) is 6.92. The summed E-state index contributed by atoms with van der Waals surface area (Å²) in [6.07, 6.45) is 4.05. The number of rotatable bonds is 0. The van der Waals surface area contributed by atoms with E-state index in [2.05, 4.69) is 41.4 Å². The third kappa shape index (κ3) is 1.31. The van der Waals surface area contributed by atoms with Crippen molar-refractivity contribution in [3.05, 3.63) is 41.5 Å². The van der Waals surface area contributed by atoms with Gasteiger partial charge >= 0.3 is 0 Å². The first-order valence-electron chi connectivity index (χ1n) is 8.54. The first kappa shape index (κ1) is 13.6. The lowest BCUT2D eigenvalue weighted by atomic mass is 9.54. The molecule has 2 saturated heterocycles. The lowest BCUT2D eigenvalue weighted by Gasteiger charge is -2.57. The van der Waals surface area contributed by atoms with Gasteiger partial charge in [-0.25, -0.2) is 0 Å². The van der Waals surface area contributed by atoms with Crippen molar-refractivity contribution < 1.29 is 5.11 Å². The summed E-state index contributed by atoms with van der Waals surface area (Å²) >= 11 is 0. The number of piperidine rings is 1. The molecule has 1 aromatic rings. The van der Waals surface area contributed by atoms with E-state index in [0.29, 0.717) is 6.04 Å². The predicted octanol–water partition coefficient (Wildman–Crippen LogP) is 2.23. The van der Waals surface area contributed by atoms with Crippen LogP contribution in [0.1, 0.15) is 25.3 Å². The molecular formula is C19H21N3O. The van der Waals surface area contributed by atoms with Gasteiger partial charge in [-0.3, -0.25) is 4.90 Å². The highest BCUT2D eigenvalue weighted by Gasteiger charge is 2.73. The van der Waals surface area contributed by atoms with Crippen LogP contribution >= 0.6 is 0 Å². The van der Waals surface area contributed by atoms with Crippen molar-refractivity contribution in [3.8, 4) is 6.07 Å². The van der Waals surface area contributed by atoms with Crippen LogP contribution in [0, 0.1) is 23.2 Å². The Hall–Kier alpha value is -1.83. The fourth-order valence-electron chi connectivity index (χ4n) is 5.98. The Labute approximate surface area is 136 Å². The van der Waals surface area contributed by atoms with Crippen LogP contribution < -0.4 is 5.32 Å². The zero-order chi connectivity index (χ0) is 15.8. The summed E-state index contributed by atoms with van der Waals surface area (Å²) < 4.78 is 0. The van der Waals surface area contributed by atoms with Crippen molar-refractivity contribution in [1.29, 1.82) is 5.26 Å². The van der Waals surface area contributed by atoms with Crippen molar-refractivity contribution >= 4 is 5.69 Å². The van der Waals surface area contributed by atoms with Crippen LogP contribution in [0.4, 0.5) is 5.69 Å². The lowest BCUT2D eigenvalue weighted by molar-refractivity contribution is -0.105. The molecular weight excluding hydrogens is 286 g/mol. The van der Waals surface area contributed by atoms with Gasteiger partial charge in [-0.05, 0) is 37.9 Å². The summed E-state index contributed by atoms with van der Waals surface area (Å²) in [5, 5.41) is 25.1. The number of nitriles is 1. The molecule has 4 nitrogen and oxygen atoms in total. The molecule has 3 heterocycles. The maximum atomic E-state index is 11.8. The molecule has 23 heavy (non-hydrogen) atoms. The Morgan fingerprint density at radius 3 is 3.04 bits per heavy atom. The van der Waals surface area contributed by atoms with Gasteiger partial charge in [-0.1, -0.05) is 29.8 Å². The Bertz CT molecular complexity index is 766. The topological polar surface area (TPSA) is 59.3 Å². The van der Waals surface area contributed by atoms with E-state index in [-0.39, 0.29) is 11.3 Å². The number of anilines is 1. The molecule has 1 saturated carbocycles. The average Bonchev–Trinajstić information content (AvgIpc) is 3.07. The van der Waals surface area contributed by atoms with Gasteiger partial charge in [0.2, 0.25) is 0 Å². The summed E-state index contributed by atoms with van der Waals surface area (Å²) in [6, 6.07) is 11.0. The Kier molecular flexibility index (Phi) is 2.46. The highest BCUT2D eigenvalue weighted by molar-refractivity contribution is 5.67. The number of allylic oxidation sites excluding steroid dienone is 1. The molecule has 5 atom stereocenters. The van der Waals surface area contributed by atoms with Crippen LogP contribution in [-0.4, -0.2) is 34.9 Å². The summed E-state index contributed by atoms with van der Waals surface area (Å²) in [6.45, 7) is 4.00. The molecule has 0 aromatic heterocycles. The highest BCUT2D eigenvalue weighted by atomic mass is 16.3. The molecule has 1 aliphatic carbocycles. The van der Waals surface area contributed by atoms with Gasteiger partial charge in [0.15, 0.2) is 5.72 Å². The van der Waals surface area contributed by atoms with E-state index in [1.165, 1.54) is 11.1 Å². The standard InChI is InChI=1S/C19H21N3O/c1-2-12-11-22-8-7-18-14-5-3-4-6-16(14)21-19(18,23)15(10-20)13(12)9-17(18)22/h2-6,13,15,17,21,23H,7-9,11H2,1H3/b12-2+/t13-,15-,17+,18+,19+/m0/s1. The fourth-order valence-corrected chi connectivity index (χ4v) is 5.98. The van der Waals surface area contributed by atoms with Gasteiger partial charge in [-0.2, -0.15) is 5.26 Å². The normalized spacial score (nSPS) is 45.3. The van der Waals surface area contributed by atoms with Gasteiger partial charge in [0.1, 0.15) is 5.92 Å². The van der Waals surface area contributed by atoms with Crippen molar-refractivity contribution in [1.82, 2.24) is 4.90 Å². The molecule has 5 rings (SSSR count). The predicted molar refractivity (Wildman–Crippen MR) is 87.6 cm³/mol. The number of hydrogen-bond donors (Lipinski definition) is 2. The molecule has 2 N–H and O–H groups in total. The molecule has 118 valence electrons. The number of para-hydroxylation sites is 1. The monoisotopic (exact) mass is 307 g/mol. The molecule has 0 unspecified atom stereocenters. The van der Waals surface area contributed by atoms with Crippen LogP contribution in [0.5, 0.6) is 0 Å². The molecule has 4 heteroatoms. The summed E-state index contributed by atoms with van der Waals surface area (Å²) in [4.78, 5) is 2.52. The molecule has 3 aliphatic heterocycles. The van der Waals surface area contributed by atoms with Crippen LogP contribution in [0.2, 0.25) is 0 Å². The van der Waals surface area contributed by atoms with Crippen LogP contribution in [0.25, 0.3) is 0 Å². The lowest BCUT2D eigenvalue weighted by Crippen LogP contribution is -2.69. The second-order valence-electron chi connectivity index (χ2n) is 7.46. The Balaban J connectivity index is 1.79. The van der Waals surface area contributed by atoms with E-state index < -0.39 is 11.6 Å². The molecule has 0 amide bonds. The number of benzene rings is 1. The number of fused-ring (bicyclic) bond motifs is 2. The van der Waals surface area contributed by atoms with Crippen LogP contribution in [-0.2, 0) is 5.41 Å². The van der Waals surface area contributed by atoms with Crippen molar-refractivity contribution in [2.24, 2.45) is 11.8 Å². The van der Waals surface area contributed by atoms with E-state index in [1.54, 1.807) is 0 Å². The molecule has 3 fully saturated rings. The zero-order valence-corrected chi connectivity index (χ0v) is 13.3. The number of nitrogens with zero attached hydrogens (tertiary/aromatic N) is 2. The van der Waals surface area contributed by atoms with E-state index in [4.69, 9.17) is 0 Å². The van der Waals surface area contributed by atoms with Crippen LogP contribution in [0.3, 0.4) is 0 Å². The molecule has 1 aromatic carbocycles. The van der Waals surface area contributed by atoms with E-state index in [9.17, 15) is 10.4 Å². The first-order chi connectivity index (χ1) is 11.2. The Morgan fingerprint density at radius 1 is 1.43 bits per heavy atom. The fraction of sp³-hybridized carbons (Fsp3) is 0.526. The van der Waals surface area contributed by atoms with Gasteiger partial charge in [0.25, 0.3) is 0 Å². The second kappa shape index (κ2) is 4.17. The SMILES string of the molecule is C/C=C1\CN2CC[C@]34c5ccccc5N[C@@]3(O)[C@@H](C#N)[C@H]1C[C@@H]24. The van der Waals surface area contributed by atoms with Crippen LogP contribution in [0.15, 0.2) is 35.9 Å².